The lowest BCUT2D eigenvalue weighted by atomic mass is 10.1. The fraction of sp³-hybridized carbons (Fsp3) is 0.500. The predicted molar refractivity (Wildman–Crippen MR) is 82.9 cm³/mol. The molecule has 124 valence electrons. The van der Waals surface area contributed by atoms with Gasteiger partial charge in [-0.25, -0.2) is 0 Å². The largest absolute Gasteiger partial charge is 0.488 e. The number of rotatable bonds is 6. The molecule has 1 aliphatic rings. The molecule has 1 fully saturated rings. The smallest absolute Gasteiger partial charge is 0.267 e. The lowest BCUT2D eigenvalue weighted by Crippen LogP contribution is -2.44. The van der Waals surface area contributed by atoms with Crippen LogP contribution in [0.25, 0.3) is 0 Å². The summed E-state index contributed by atoms with van der Waals surface area (Å²) in [5.41, 5.74) is 5.34. The summed E-state index contributed by atoms with van der Waals surface area (Å²) in [6, 6.07) is 3.15. The second kappa shape index (κ2) is 7.71. The summed E-state index contributed by atoms with van der Waals surface area (Å²) < 4.78 is 5.84. The molecule has 1 aromatic rings. The van der Waals surface area contributed by atoms with Crippen molar-refractivity contribution in [1.82, 2.24) is 9.88 Å². The van der Waals surface area contributed by atoms with Crippen LogP contribution in [0.1, 0.15) is 43.1 Å². The fourth-order valence-corrected chi connectivity index (χ4v) is 2.51. The molecule has 2 rings (SSSR count). The van der Waals surface area contributed by atoms with Gasteiger partial charge in [0.2, 0.25) is 5.91 Å². The van der Waals surface area contributed by atoms with Crippen LogP contribution in [-0.2, 0) is 9.59 Å². The van der Waals surface area contributed by atoms with Gasteiger partial charge in [0.15, 0.2) is 0 Å². The standard InChI is InChI=1S/C16H21N3O4/c1-11(20)4-5-15(21)19-8-2-3-13(10-19)23-12-6-7-18-14(9-12)16(17)22/h6-7,9,13H,2-5,8,10H2,1H3,(H2,17,22). The molecule has 2 N–H and O–H groups in total. The number of ketones is 1. The SMILES string of the molecule is CC(=O)CCC(=O)N1CCCC(Oc2ccnc(C(N)=O)c2)C1. The number of Topliss-reactive ketones (excluding diaryl/α,β-unsaturated/α-hetero) is 1. The molecule has 0 aliphatic carbocycles. The Bertz CT molecular complexity index is 603. The van der Waals surface area contributed by atoms with Crippen molar-refractivity contribution in [2.45, 2.75) is 38.7 Å². The minimum atomic E-state index is -0.611. The van der Waals surface area contributed by atoms with E-state index in [0.717, 1.165) is 12.8 Å². The predicted octanol–water partition coefficient (Wildman–Crippen LogP) is 0.920. The zero-order valence-electron chi connectivity index (χ0n) is 13.2. The molecule has 1 atom stereocenters. The highest BCUT2D eigenvalue weighted by Gasteiger charge is 2.25. The van der Waals surface area contributed by atoms with Gasteiger partial charge in [-0.05, 0) is 25.8 Å². The number of primary amides is 1. The summed E-state index contributed by atoms with van der Waals surface area (Å²) in [5, 5.41) is 0. The van der Waals surface area contributed by atoms with Crippen LogP contribution >= 0.6 is 0 Å². The van der Waals surface area contributed by atoms with E-state index in [0.29, 0.717) is 18.8 Å². The molecular weight excluding hydrogens is 298 g/mol. The molecule has 1 aliphatic heterocycles. The minimum Gasteiger partial charge on any atom is -0.488 e. The highest BCUT2D eigenvalue weighted by atomic mass is 16.5. The lowest BCUT2D eigenvalue weighted by molar-refractivity contribution is -0.135. The number of hydrogen-bond donors (Lipinski definition) is 1. The maximum atomic E-state index is 12.1. The van der Waals surface area contributed by atoms with Gasteiger partial charge in [0, 0.05) is 31.6 Å². The van der Waals surface area contributed by atoms with Gasteiger partial charge in [0.1, 0.15) is 23.3 Å². The Balaban J connectivity index is 1.93. The van der Waals surface area contributed by atoms with E-state index in [2.05, 4.69) is 4.98 Å². The van der Waals surface area contributed by atoms with Crippen molar-refractivity contribution < 1.29 is 19.1 Å². The third-order valence-corrected chi connectivity index (χ3v) is 3.71. The fourth-order valence-electron chi connectivity index (χ4n) is 2.51. The molecular formula is C16H21N3O4. The van der Waals surface area contributed by atoms with Crippen molar-refractivity contribution in [3.05, 3.63) is 24.0 Å². The van der Waals surface area contributed by atoms with E-state index in [9.17, 15) is 14.4 Å². The van der Waals surface area contributed by atoms with E-state index in [1.54, 1.807) is 11.0 Å². The molecule has 1 unspecified atom stereocenters. The van der Waals surface area contributed by atoms with Gasteiger partial charge < -0.3 is 20.2 Å². The average Bonchev–Trinajstić information content (AvgIpc) is 2.53. The highest BCUT2D eigenvalue weighted by molar-refractivity contribution is 5.91. The van der Waals surface area contributed by atoms with Gasteiger partial charge >= 0.3 is 0 Å². The number of nitrogens with zero attached hydrogens (tertiary/aromatic N) is 2. The van der Waals surface area contributed by atoms with E-state index < -0.39 is 5.91 Å². The van der Waals surface area contributed by atoms with Crippen molar-refractivity contribution in [2.75, 3.05) is 13.1 Å². The number of carbonyl (C=O) groups is 3. The summed E-state index contributed by atoms with van der Waals surface area (Å²) >= 11 is 0. The normalized spacial score (nSPS) is 17.6. The summed E-state index contributed by atoms with van der Waals surface area (Å²) in [6.07, 6.45) is 3.49. The Morgan fingerprint density at radius 3 is 2.87 bits per heavy atom. The van der Waals surface area contributed by atoms with Gasteiger partial charge in [0.25, 0.3) is 5.91 Å². The van der Waals surface area contributed by atoms with E-state index in [4.69, 9.17) is 10.5 Å². The Morgan fingerprint density at radius 1 is 1.39 bits per heavy atom. The van der Waals surface area contributed by atoms with Gasteiger partial charge in [-0.3, -0.25) is 14.6 Å². The van der Waals surface area contributed by atoms with Crippen molar-refractivity contribution in [3.8, 4) is 5.75 Å². The molecule has 0 radical (unpaired) electrons. The maximum Gasteiger partial charge on any atom is 0.267 e. The molecule has 23 heavy (non-hydrogen) atoms. The number of pyridine rings is 1. The van der Waals surface area contributed by atoms with Crippen LogP contribution < -0.4 is 10.5 Å². The van der Waals surface area contributed by atoms with Crippen LogP contribution in [-0.4, -0.2) is 46.7 Å². The van der Waals surface area contributed by atoms with Crippen LogP contribution in [0.2, 0.25) is 0 Å². The summed E-state index contributed by atoms with van der Waals surface area (Å²) in [4.78, 5) is 39.8. The summed E-state index contributed by atoms with van der Waals surface area (Å²) in [6.45, 7) is 2.64. The van der Waals surface area contributed by atoms with Gasteiger partial charge in [-0.15, -0.1) is 0 Å². The zero-order chi connectivity index (χ0) is 16.8. The number of hydrogen-bond acceptors (Lipinski definition) is 5. The topological polar surface area (TPSA) is 103 Å². The number of piperidine rings is 1. The van der Waals surface area contributed by atoms with Crippen LogP contribution in [0.3, 0.4) is 0 Å². The number of amides is 2. The summed E-state index contributed by atoms with van der Waals surface area (Å²) in [7, 11) is 0. The average molecular weight is 319 g/mol. The second-order valence-corrected chi connectivity index (χ2v) is 5.66. The van der Waals surface area contributed by atoms with Crippen molar-refractivity contribution >= 4 is 17.6 Å². The number of ether oxygens (including phenoxy) is 1. The molecule has 7 heteroatoms. The van der Waals surface area contributed by atoms with Crippen molar-refractivity contribution in [3.63, 3.8) is 0 Å². The highest BCUT2D eigenvalue weighted by Crippen LogP contribution is 2.19. The molecule has 0 bridgehead atoms. The van der Waals surface area contributed by atoms with Crippen molar-refractivity contribution in [1.29, 1.82) is 0 Å². The lowest BCUT2D eigenvalue weighted by Gasteiger charge is -2.33. The number of aromatic nitrogens is 1. The first-order chi connectivity index (χ1) is 11.0. The third-order valence-electron chi connectivity index (χ3n) is 3.71. The van der Waals surface area contributed by atoms with Gasteiger partial charge in [0.05, 0.1) is 6.54 Å². The molecule has 0 aromatic carbocycles. The second-order valence-electron chi connectivity index (χ2n) is 5.66. The van der Waals surface area contributed by atoms with Crippen LogP contribution in [0.15, 0.2) is 18.3 Å². The Labute approximate surface area is 134 Å². The Kier molecular flexibility index (Phi) is 5.67. The van der Waals surface area contributed by atoms with Crippen LogP contribution in [0.4, 0.5) is 0 Å². The third kappa shape index (κ3) is 5.05. The molecule has 1 saturated heterocycles. The molecule has 0 saturated carbocycles. The Hall–Kier alpha value is -2.44. The van der Waals surface area contributed by atoms with E-state index in [1.807, 2.05) is 0 Å². The van der Waals surface area contributed by atoms with E-state index in [1.165, 1.54) is 19.2 Å². The molecule has 1 aromatic heterocycles. The van der Waals surface area contributed by atoms with Crippen LogP contribution in [0.5, 0.6) is 5.75 Å². The first-order valence-corrected chi connectivity index (χ1v) is 7.65. The van der Waals surface area contributed by atoms with Gasteiger partial charge in [-0.2, -0.15) is 0 Å². The molecule has 2 amide bonds. The number of likely N-dealkylation sites (tertiary alicyclic amines) is 1. The Morgan fingerprint density at radius 2 is 2.17 bits per heavy atom. The number of nitrogens with two attached hydrogens (primary N) is 1. The zero-order valence-corrected chi connectivity index (χ0v) is 13.2. The van der Waals surface area contributed by atoms with Crippen LogP contribution in [0, 0.1) is 0 Å². The minimum absolute atomic E-state index is 0.0129. The van der Waals surface area contributed by atoms with Crippen molar-refractivity contribution in [2.24, 2.45) is 5.73 Å². The monoisotopic (exact) mass is 319 g/mol. The van der Waals surface area contributed by atoms with Gasteiger partial charge in [-0.1, -0.05) is 0 Å². The first-order valence-electron chi connectivity index (χ1n) is 7.65. The maximum absolute atomic E-state index is 12.1. The molecule has 7 nitrogen and oxygen atoms in total. The van der Waals surface area contributed by atoms with E-state index >= 15 is 0 Å². The number of carbonyl (C=O) groups excluding carboxylic acids is 3. The van der Waals surface area contributed by atoms with E-state index in [-0.39, 0.29) is 36.3 Å². The molecule has 2 heterocycles. The summed E-state index contributed by atoms with van der Waals surface area (Å²) in [5.74, 6) is -0.114. The molecule has 0 spiro atoms. The first kappa shape index (κ1) is 16.9. The quantitative estimate of drug-likeness (QED) is 0.840.